The summed E-state index contributed by atoms with van der Waals surface area (Å²) >= 11 is 0. The number of hydrogen-bond acceptors (Lipinski definition) is 4. The summed E-state index contributed by atoms with van der Waals surface area (Å²) in [6, 6.07) is 0.751. The van der Waals surface area contributed by atoms with Gasteiger partial charge in [-0.1, -0.05) is 32.9 Å². The third-order valence-electron chi connectivity index (χ3n) is 3.57. The van der Waals surface area contributed by atoms with Gasteiger partial charge in [0.2, 0.25) is 11.8 Å². The first-order chi connectivity index (χ1) is 9.34. The summed E-state index contributed by atoms with van der Waals surface area (Å²) in [6.45, 7) is 8.02. The lowest BCUT2D eigenvalue weighted by Crippen LogP contribution is -2.66. The van der Waals surface area contributed by atoms with Crippen LogP contribution < -0.4 is 5.32 Å². The van der Waals surface area contributed by atoms with Gasteiger partial charge < -0.3 is 14.7 Å². The number of piperazine rings is 1. The normalized spacial score (nSPS) is 23.9. The van der Waals surface area contributed by atoms with Gasteiger partial charge >= 0.3 is 0 Å². The third-order valence-corrected chi connectivity index (χ3v) is 3.57. The zero-order valence-corrected chi connectivity index (χ0v) is 12.3. The van der Waals surface area contributed by atoms with Crippen LogP contribution in [0.5, 0.6) is 0 Å². The first-order valence-corrected chi connectivity index (χ1v) is 6.84. The predicted molar refractivity (Wildman–Crippen MR) is 72.5 cm³/mol. The smallest absolute Gasteiger partial charge is 0.246 e. The van der Waals surface area contributed by atoms with E-state index in [2.05, 4.69) is 10.5 Å². The maximum atomic E-state index is 12.7. The SMILES string of the molecule is CCC1C(=O)NC(C(C)(C)C)C(=O)N1Cc1ccon1. The van der Waals surface area contributed by atoms with E-state index in [0.717, 1.165) is 0 Å². The Hall–Kier alpha value is -1.85. The summed E-state index contributed by atoms with van der Waals surface area (Å²) in [5.74, 6) is -0.164. The third kappa shape index (κ3) is 2.69. The first-order valence-electron chi connectivity index (χ1n) is 6.84. The molecular weight excluding hydrogens is 258 g/mol. The molecule has 1 aliphatic rings. The Labute approximate surface area is 118 Å². The molecule has 0 aromatic carbocycles. The number of carbonyl (C=O) groups excluding carboxylic acids is 2. The van der Waals surface area contributed by atoms with Gasteiger partial charge in [-0.15, -0.1) is 0 Å². The van der Waals surface area contributed by atoms with Crippen molar-refractivity contribution in [2.24, 2.45) is 5.41 Å². The molecule has 0 saturated carbocycles. The van der Waals surface area contributed by atoms with Crippen molar-refractivity contribution in [3.63, 3.8) is 0 Å². The Balaban J connectivity index is 2.28. The van der Waals surface area contributed by atoms with Crippen LogP contribution in [0.15, 0.2) is 16.9 Å². The Morgan fingerprint density at radius 3 is 2.60 bits per heavy atom. The summed E-state index contributed by atoms with van der Waals surface area (Å²) in [5, 5.41) is 6.67. The van der Waals surface area contributed by atoms with E-state index in [4.69, 9.17) is 4.52 Å². The second kappa shape index (κ2) is 5.26. The highest BCUT2D eigenvalue weighted by Crippen LogP contribution is 2.26. The quantitative estimate of drug-likeness (QED) is 0.905. The zero-order chi connectivity index (χ0) is 14.9. The van der Waals surface area contributed by atoms with Gasteiger partial charge in [0.1, 0.15) is 24.0 Å². The lowest BCUT2D eigenvalue weighted by Gasteiger charge is -2.42. The molecule has 2 atom stereocenters. The molecule has 1 fully saturated rings. The fourth-order valence-electron chi connectivity index (χ4n) is 2.44. The molecule has 0 aliphatic carbocycles. The van der Waals surface area contributed by atoms with Crippen LogP contribution in [0.4, 0.5) is 0 Å². The summed E-state index contributed by atoms with van der Waals surface area (Å²) in [6.07, 6.45) is 2.04. The molecule has 1 N–H and O–H groups in total. The van der Waals surface area contributed by atoms with Crippen molar-refractivity contribution in [2.75, 3.05) is 0 Å². The van der Waals surface area contributed by atoms with E-state index in [1.807, 2.05) is 27.7 Å². The van der Waals surface area contributed by atoms with Crippen molar-refractivity contribution in [1.29, 1.82) is 0 Å². The number of hydrogen-bond donors (Lipinski definition) is 1. The van der Waals surface area contributed by atoms with Crippen molar-refractivity contribution < 1.29 is 14.1 Å². The predicted octanol–water partition coefficient (Wildman–Crippen LogP) is 1.33. The molecule has 1 saturated heterocycles. The number of aromatic nitrogens is 1. The molecule has 2 amide bonds. The van der Waals surface area contributed by atoms with Gasteiger partial charge in [0, 0.05) is 6.07 Å². The van der Waals surface area contributed by atoms with Crippen LogP contribution in [0, 0.1) is 5.41 Å². The molecule has 0 spiro atoms. The molecule has 6 heteroatoms. The molecule has 110 valence electrons. The minimum atomic E-state index is -0.510. The highest BCUT2D eigenvalue weighted by molar-refractivity contribution is 5.97. The Morgan fingerprint density at radius 1 is 1.40 bits per heavy atom. The van der Waals surface area contributed by atoms with Crippen LogP contribution >= 0.6 is 0 Å². The van der Waals surface area contributed by atoms with Gasteiger partial charge in [-0.25, -0.2) is 0 Å². The van der Waals surface area contributed by atoms with E-state index in [1.165, 1.54) is 6.26 Å². The van der Waals surface area contributed by atoms with E-state index in [1.54, 1.807) is 11.0 Å². The van der Waals surface area contributed by atoms with Crippen LogP contribution in [-0.2, 0) is 16.1 Å². The monoisotopic (exact) mass is 279 g/mol. The minimum absolute atomic E-state index is 0.0630. The van der Waals surface area contributed by atoms with Crippen molar-refractivity contribution in [3.8, 4) is 0 Å². The molecule has 1 aromatic heterocycles. The first kappa shape index (κ1) is 14.6. The molecule has 1 aliphatic heterocycles. The number of rotatable bonds is 3. The van der Waals surface area contributed by atoms with E-state index in [-0.39, 0.29) is 17.2 Å². The summed E-state index contributed by atoms with van der Waals surface area (Å²) in [7, 11) is 0. The molecule has 20 heavy (non-hydrogen) atoms. The average molecular weight is 279 g/mol. The second-order valence-electron chi connectivity index (χ2n) is 6.19. The highest BCUT2D eigenvalue weighted by Gasteiger charge is 2.44. The fourth-order valence-corrected chi connectivity index (χ4v) is 2.44. The lowest BCUT2D eigenvalue weighted by atomic mass is 9.83. The van der Waals surface area contributed by atoms with E-state index in [0.29, 0.717) is 18.7 Å². The summed E-state index contributed by atoms with van der Waals surface area (Å²) in [4.78, 5) is 26.5. The van der Waals surface area contributed by atoms with Crippen LogP contribution in [0.2, 0.25) is 0 Å². The van der Waals surface area contributed by atoms with Crippen LogP contribution in [0.1, 0.15) is 39.8 Å². The zero-order valence-electron chi connectivity index (χ0n) is 12.3. The van der Waals surface area contributed by atoms with Gasteiger partial charge in [0.05, 0.1) is 6.54 Å². The topological polar surface area (TPSA) is 75.4 Å². The largest absolute Gasteiger partial charge is 0.364 e. The molecule has 2 heterocycles. The number of carbonyl (C=O) groups is 2. The molecular formula is C14H21N3O3. The maximum absolute atomic E-state index is 12.7. The lowest BCUT2D eigenvalue weighted by molar-refractivity contribution is -0.153. The number of nitrogens with zero attached hydrogens (tertiary/aromatic N) is 2. The standard InChI is InChI=1S/C14H21N3O3/c1-5-10-12(18)15-11(14(2,3)4)13(19)17(10)8-9-6-7-20-16-9/h6-7,10-11H,5,8H2,1-4H3,(H,15,18). The van der Waals surface area contributed by atoms with Crippen molar-refractivity contribution in [1.82, 2.24) is 15.4 Å². The van der Waals surface area contributed by atoms with Crippen LogP contribution in [0.3, 0.4) is 0 Å². The Morgan fingerprint density at radius 2 is 2.10 bits per heavy atom. The van der Waals surface area contributed by atoms with Gasteiger partial charge in [0.25, 0.3) is 0 Å². The number of nitrogens with one attached hydrogen (secondary N) is 1. The summed E-state index contributed by atoms with van der Waals surface area (Å²) < 4.78 is 4.79. The molecule has 2 rings (SSSR count). The van der Waals surface area contributed by atoms with Crippen LogP contribution in [-0.4, -0.2) is 34.0 Å². The van der Waals surface area contributed by atoms with Gasteiger partial charge in [-0.2, -0.15) is 0 Å². The van der Waals surface area contributed by atoms with Crippen molar-refractivity contribution >= 4 is 11.8 Å². The van der Waals surface area contributed by atoms with Crippen molar-refractivity contribution in [3.05, 3.63) is 18.0 Å². The number of amides is 2. The minimum Gasteiger partial charge on any atom is -0.364 e. The Kier molecular flexibility index (Phi) is 3.83. The molecule has 2 unspecified atom stereocenters. The van der Waals surface area contributed by atoms with Crippen LogP contribution in [0.25, 0.3) is 0 Å². The maximum Gasteiger partial charge on any atom is 0.246 e. The van der Waals surface area contributed by atoms with Gasteiger partial charge in [-0.05, 0) is 11.8 Å². The van der Waals surface area contributed by atoms with Gasteiger partial charge in [0.15, 0.2) is 0 Å². The molecule has 6 nitrogen and oxygen atoms in total. The average Bonchev–Trinajstić information content (AvgIpc) is 2.85. The van der Waals surface area contributed by atoms with E-state index >= 15 is 0 Å². The van der Waals surface area contributed by atoms with Crippen molar-refractivity contribution in [2.45, 2.75) is 52.7 Å². The second-order valence-corrected chi connectivity index (χ2v) is 6.19. The highest BCUT2D eigenvalue weighted by atomic mass is 16.5. The molecule has 0 bridgehead atoms. The molecule has 0 radical (unpaired) electrons. The fraction of sp³-hybridized carbons (Fsp3) is 0.643. The van der Waals surface area contributed by atoms with E-state index in [9.17, 15) is 9.59 Å². The molecule has 1 aromatic rings. The Bertz CT molecular complexity index is 490. The van der Waals surface area contributed by atoms with E-state index < -0.39 is 12.1 Å². The summed E-state index contributed by atoms with van der Waals surface area (Å²) in [5.41, 5.74) is 0.326. The van der Waals surface area contributed by atoms with Gasteiger partial charge in [-0.3, -0.25) is 9.59 Å².